The zero-order valence-corrected chi connectivity index (χ0v) is 27.9. The number of amides is 1. The van der Waals surface area contributed by atoms with E-state index >= 15 is 4.39 Å². The van der Waals surface area contributed by atoms with Crippen molar-refractivity contribution in [2.75, 3.05) is 20.6 Å². The van der Waals surface area contributed by atoms with Gasteiger partial charge in [0.05, 0.1) is 18.0 Å². The van der Waals surface area contributed by atoms with Gasteiger partial charge in [-0.25, -0.2) is 13.2 Å². The molecule has 1 unspecified atom stereocenters. The van der Waals surface area contributed by atoms with E-state index in [2.05, 4.69) is 5.32 Å². The standard InChI is InChI=1S/C33H37F6N3O4.H2S/c1-17(2)9-27(42-16-20(7-8-41(5)6)12-25(35)32(42)46)31(45)40-26(15-28(43)44)23-13-21(14-24(30(23)36)33(37,38)39)29-18(3)10-22(34)11-19(29)4;/h10-14,16-17,26-27H,7-9,15H2,1-6H3,(H,40,45)(H,43,44);1H2/t26-,27?;/m0./s1. The third kappa shape index (κ3) is 9.86. The van der Waals surface area contributed by atoms with E-state index in [-0.39, 0.29) is 48.1 Å². The molecule has 0 fully saturated rings. The van der Waals surface area contributed by atoms with Gasteiger partial charge in [-0.1, -0.05) is 13.8 Å². The van der Waals surface area contributed by atoms with Gasteiger partial charge < -0.3 is 19.9 Å². The number of carboxylic acids is 1. The van der Waals surface area contributed by atoms with Crippen LogP contribution in [0.2, 0.25) is 0 Å². The number of halogens is 6. The molecule has 0 spiro atoms. The number of alkyl halides is 3. The molecule has 1 amide bonds. The second-order valence-electron chi connectivity index (χ2n) is 12.1. The van der Waals surface area contributed by atoms with Crippen LogP contribution in [-0.4, -0.2) is 47.1 Å². The molecule has 47 heavy (non-hydrogen) atoms. The Labute approximate surface area is 276 Å². The largest absolute Gasteiger partial charge is 0.481 e. The lowest BCUT2D eigenvalue weighted by molar-refractivity contribution is -0.140. The Balaban J connectivity index is 0.00000768. The molecule has 3 rings (SSSR count). The maximum atomic E-state index is 15.7. The molecule has 0 bridgehead atoms. The molecule has 14 heteroatoms. The fraction of sp³-hybridized carbons (Fsp3) is 0.424. The van der Waals surface area contributed by atoms with Crippen molar-refractivity contribution in [3.8, 4) is 11.1 Å². The summed E-state index contributed by atoms with van der Waals surface area (Å²) in [6.07, 6.45) is -4.64. The number of aryl methyl sites for hydroxylation is 2. The van der Waals surface area contributed by atoms with Crippen LogP contribution >= 0.6 is 13.5 Å². The van der Waals surface area contributed by atoms with Crippen molar-refractivity contribution in [1.82, 2.24) is 14.8 Å². The van der Waals surface area contributed by atoms with Crippen molar-refractivity contribution < 1.29 is 41.0 Å². The quantitative estimate of drug-likeness (QED) is 0.207. The predicted molar refractivity (Wildman–Crippen MR) is 171 cm³/mol. The van der Waals surface area contributed by atoms with Gasteiger partial charge in [-0.3, -0.25) is 14.4 Å². The summed E-state index contributed by atoms with van der Waals surface area (Å²) in [6, 6.07) is 1.54. The molecule has 0 saturated heterocycles. The number of carbonyl (C=O) groups excluding carboxylic acids is 1. The zero-order valence-electron chi connectivity index (χ0n) is 26.9. The Bertz CT molecular complexity index is 1650. The number of aromatic nitrogens is 1. The fourth-order valence-corrected chi connectivity index (χ4v) is 5.44. The van der Waals surface area contributed by atoms with Gasteiger partial charge in [-0.2, -0.15) is 26.7 Å². The summed E-state index contributed by atoms with van der Waals surface area (Å²) < 4.78 is 87.8. The average Bonchev–Trinajstić information content (AvgIpc) is 2.91. The molecule has 1 aromatic heterocycles. The van der Waals surface area contributed by atoms with Gasteiger partial charge in [0.25, 0.3) is 5.56 Å². The summed E-state index contributed by atoms with van der Waals surface area (Å²) in [4.78, 5) is 40.4. The highest BCUT2D eigenvalue weighted by Gasteiger charge is 2.38. The molecule has 0 radical (unpaired) electrons. The van der Waals surface area contributed by atoms with Crippen LogP contribution in [0.1, 0.15) is 66.6 Å². The van der Waals surface area contributed by atoms with E-state index in [0.29, 0.717) is 24.6 Å². The van der Waals surface area contributed by atoms with Gasteiger partial charge in [0.1, 0.15) is 17.7 Å². The van der Waals surface area contributed by atoms with Crippen LogP contribution in [0.3, 0.4) is 0 Å². The van der Waals surface area contributed by atoms with Crippen molar-refractivity contribution in [3.63, 3.8) is 0 Å². The minimum absolute atomic E-state index is 0. The molecule has 1 heterocycles. The maximum absolute atomic E-state index is 15.7. The molecule has 0 aliphatic heterocycles. The number of aliphatic carboxylic acids is 1. The van der Waals surface area contributed by atoms with E-state index in [4.69, 9.17) is 0 Å². The lowest BCUT2D eigenvalue weighted by Crippen LogP contribution is -2.41. The van der Waals surface area contributed by atoms with Crippen molar-refractivity contribution in [3.05, 3.63) is 92.2 Å². The molecule has 2 N–H and O–H groups in total. The van der Waals surface area contributed by atoms with Crippen LogP contribution in [0, 0.1) is 37.2 Å². The molecule has 0 saturated carbocycles. The van der Waals surface area contributed by atoms with Crippen molar-refractivity contribution in [1.29, 1.82) is 0 Å². The first kappa shape index (κ1) is 39.4. The normalized spacial score (nSPS) is 13.0. The van der Waals surface area contributed by atoms with Crippen LogP contribution in [0.15, 0.2) is 41.3 Å². The van der Waals surface area contributed by atoms with Gasteiger partial charge in [0.2, 0.25) is 5.91 Å². The molecule has 258 valence electrons. The van der Waals surface area contributed by atoms with Crippen LogP contribution in [-0.2, 0) is 22.2 Å². The van der Waals surface area contributed by atoms with E-state index in [1.807, 2.05) is 4.90 Å². The molecule has 0 aliphatic rings. The molecular formula is C33H39F6N3O4S. The van der Waals surface area contributed by atoms with Crippen molar-refractivity contribution in [2.24, 2.45) is 5.92 Å². The van der Waals surface area contributed by atoms with Gasteiger partial charge in [-0.15, -0.1) is 0 Å². The Morgan fingerprint density at radius 3 is 2.11 bits per heavy atom. The minimum atomic E-state index is -5.22. The molecule has 7 nitrogen and oxygen atoms in total. The van der Waals surface area contributed by atoms with E-state index in [0.717, 1.165) is 28.8 Å². The van der Waals surface area contributed by atoms with Gasteiger partial charge >= 0.3 is 12.1 Å². The number of benzene rings is 2. The SMILES string of the molecule is Cc1cc(F)cc(C)c1-c1cc([C@H](CC(=O)O)NC(=O)C(CC(C)C)n2cc(CCN(C)C)cc(F)c2=O)c(F)c(C(F)(F)F)c1.S. The maximum Gasteiger partial charge on any atom is 0.419 e. The first-order valence-corrected chi connectivity index (χ1v) is 14.5. The molecular weight excluding hydrogens is 648 g/mol. The molecule has 3 aromatic rings. The summed E-state index contributed by atoms with van der Waals surface area (Å²) in [7, 11) is 3.59. The van der Waals surface area contributed by atoms with E-state index in [9.17, 15) is 41.4 Å². The molecule has 0 aliphatic carbocycles. The predicted octanol–water partition coefficient (Wildman–Crippen LogP) is 6.70. The lowest BCUT2D eigenvalue weighted by Gasteiger charge is -2.27. The number of carboxylic acid groups (broad SMARTS) is 1. The molecule has 2 atom stereocenters. The number of hydrogen-bond acceptors (Lipinski definition) is 4. The lowest BCUT2D eigenvalue weighted by atomic mass is 9.89. The Morgan fingerprint density at radius 1 is 1.00 bits per heavy atom. The third-order valence-corrected chi connectivity index (χ3v) is 7.50. The number of nitrogens with one attached hydrogen (secondary N) is 1. The summed E-state index contributed by atoms with van der Waals surface area (Å²) in [5, 5.41) is 12.0. The number of rotatable bonds is 12. The topological polar surface area (TPSA) is 91.6 Å². The monoisotopic (exact) mass is 687 g/mol. The number of pyridine rings is 1. The number of hydrogen-bond donors (Lipinski definition) is 2. The third-order valence-electron chi connectivity index (χ3n) is 7.50. The first-order valence-electron chi connectivity index (χ1n) is 14.5. The Morgan fingerprint density at radius 2 is 1.60 bits per heavy atom. The fourth-order valence-electron chi connectivity index (χ4n) is 5.44. The second kappa shape index (κ2) is 15.9. The van der Waals surface area contributed by atoms with Crippen molar-refractivity contribution in [2.45, 2.75) is 65.2 Å². The van der Waals surface area contributed by atoms with Crippen LogP contribution < -0.4 is 10.9 Å². The highest BCUT2D eigenvalue weighted by molar-refractivity contribution is 7.59. The summed E-state index contributed by atoms with van der Waals surface area (Å²) in [5.41, 5.74) is -2.73. The van der Waals surface area contributed by atoms with Crippen molar-refractivity contribution >= 4 is 25.4 Å². The number of likely N-dealkylation sites (N-methyl/N-ethyl adjacent to an activating group) is 1. The summed E-state index contributed by atoms with van der Waals surface area (Å²) in [6.45, 7) is 6.84. The number of carbonyl (C=O) groups is 2. The highest BCUT2D eigenvalue weighted by atomic mass is 32.1. The number of nitrogens with zero attached hydrogens (tertiary/aromatic N) is 2. The van der Waals surface area contributed by atoms with Gasteiger partial charge in [0.15, 0.2) is 5.82 Å². The summed E-state index contributed by atoms with van der Waals surface area (Å²) >= 11 is 0. The first-order chi connectivity index (χ1) is 21.3. The Hall–Kier alpha value is -3.78. The second-order valence-corrected chi connectivity index (χ2v) is 12.1. The van der Waals surface area contributed by atoms with Gasteiger partial charge in [-0.05, 0) is 105 Å². The van der Waals surface area contributed by atoms with Crippen LogP contribution in [0.4, 0.5) is 26.3 Å². The van der Waals surface area contributed by atoms with E-state index < -0.39 is 70.7 Å². The smallest absolute Gasteiger partial charge is 0.419 e. The van der Waals surface area contributed by atoms with Gasteiger partial charge in [0, 0.05) is 18.3 Å². The zero-order chi connectivity index (χ0) is 34.7. The van der Waals surface area contributed by atoms with Crippen LogP contribution in [0.5, 0.6) is 0 Å². The highest BCUT2D eigenvalue weighted by Crippen LogP contribution is 2.40. The van der Waals surface area contributed by atoms with E-state index in [1.165, 1.54) is 20.0 Å². The Kier molecular flexibility index (Phi) is 13.3. The molecule has 2 aromatic carbocycles. The minimum Gasteiger partial charge on any atom is -0.481 e. The van der Waals surface area contributed by atoms with E-state index in [1.54, 1.807) is 27.9 Å². The average molecular weight is 688 g/mol. The van der Waals surface area contributed by atoms with Crippen LogP contribution in [0.25, 0.3) is 11.1 Å². The summed E-state index contributed by atoms with van der Waals surface area (Å²) in [5.74, 6) is -6.39.